The number of rotatable bonds is 8. The van der Waals surface area contributed by atoms with Crippen LogP contribution < -0.4 is 14.2 Å². The molecule has 1 N–H and O–H groups in total. The van der Waals surface area contributed by atoms with Crippen LogP contribution in [0.2, 0.25) is 9.36 Å². The molecular formula is C27H24Cl2N2O4S2. The summed E-state index contributed by atoms with van der Waals surface area (Å²) in [6.07, 6.45) is 0.899. The second-order valence-electron chi connectivity index (χ2n) is 8.73. The Kier molecular flexibility index (Phi) is 7.65. The highest BCUT2D eigenvalue weighted by atomic mass is 35.5. The molecule has 0 bridgehead atoms. The van der Waals surface area contributed by atoms with E-state index in [0.29, 0.717) is 32.1 Å². The summed E-state index contributed by atoms with van der Waals surface area (Å²) in [7, 11) is -1.85. The summed E-state index contributed by atoms with van der Waals surface area (Å²) in [6, 6.07) is 23.2. The Bertz CT molecular complexity index is 1490. The van der Waals surface area contributed by atoms with E-state index in [1.165, 1.54) is 0 Å². The lowest BCUT2D eigenvalue weighted by molar-refractivity contribution is 0.208. The number of ether oxygens (including phenoxy) is 2. The van der Waals surface area contributed by atoms with Gasteiger partial charge in [0, 0.05) is 24.7 Å². The van der Waals surface area contributed by atoms with Crippen molar-refractivity contribution in [1.29, 1.82) is 0 Å². The largest absolute Gasteiger partial charge is 0.487 e. The van der Waals surface area contributed by atoms with Gasteiger partial charge in [0.2, 0.25) is 0 Å². The summed E-state index contributed by atoms with van der Waals surface area (Å²) in [5.74, 6) is 1.85. The molecule has 37 heavy (non-hydrogen) atoms. The lowest BCUT2D eigenvalue weighted by Crippen LogP contribution is -2.21. The number of nitrogens with zero attached hydrogens (tertiary/aromatic N) is 1. The number of nitrogens with one attached hydrogen (secondary N) is 1. The van der Waals surface area contributed by atoms with Gasteiger partial charge in [0.15, 0.2) is 0 Å². The lowest BCUT2D eigenvalue weighted by atomic mass is 10.1. The van der Waals surface area contributed by atoms with Gasteiger partial charge in [-0.1, -0.05) is 53.5 Å². The molecule has 1 aliphatic heterocycles. The second-order valence-corrected chi connectivity index (χ2v) is 12.7. The fraction of sp³-hybridized carbons (Fsp3) is 0.185. The Labute approximate surface area is 230 Å². The molecule has 1 aromatic heterocycles. The molecule has 1 fully saturated rings. The van der Waals surface area contributed by atoms with Crippen molar-refractivity contribution < 1.29 is 17.9 Å². The number of likely N-dealkylation sites (tertiary alicyclic amines) is 1. The Hall–Kier alpha value is -2.75. The minimum Gasteiger partial charge on any atom is -0.487 e. The highest BCUT2D eigenvalue weighted by Gasteiger charge is 2.24. The number of thiophene rings is 1. The van der Waals surface area contributed by atoms with Gasteiger partial charge in [-0.3, -0.25) is 4.72 Å². The zero-order valence-electron chi connectivity index (χ0n) is 19.9. The van der Waals surface area contributed by atoms with E-state index in [-0.39, 0.29) is 10.3 Å². The van der Waals surface area contributed by atoms with Gasteiger partial charge in [-0.05, 0) is 61.5 Å². The van der Waals surface area contributed by atoms with Gasteiger partial charge in [0.25, 0.3) is 10.0 Å². The topological polar surface area (TPSA) is 67.9 Å². The number of hydrogen-bond acceptors (Lipinski definition) is 6. The quantitative estimate of drug-likeness (QED) is 0.237. The van der Waals surface area contributed by atoms with E-state index in [1.54, 1.807) is 24.3 Å². The SMILES string of the molecule is CN1CCC(Oc2cc(NS(=O)(=O)c3cc(-c4ccc(Oc5ccccc5)cc4)c(Cl)s3)ccc2Cl)C1. The molecule has 1 aliphatic rings. The molecule has 0 saturated carbocycles. The molecule has 192 valence electrons. The summed E-state index contributed by atoms with van der Waals surface area (Å²) >= 11 is 13.8. The molecule has 2 heterocycles. The molecular weight excluding hydrogens is 551 g/mol. The fourth-order valence-electron chi connectivity index (χ4n) is 4.04. The van der Waals surface area contributed by atoms with Crippen LogP contribution in [0.1, 0.15) is 6.42 Å². The maximum absolute atomic E-state index is 13.2. The molecule has 0 spiro atoms. The normalized spacial score (nSPS) is 16.0. The summed E-state index contributed by atoms with van der Waals surface area (Å²) in [4.78, 5) is 2.17. The van der Waals surface area contributed by atoms with Crippen LogP contribution in [-0.2, 0) is 10.0 Å². The zero-order chi connectivity index (χ0) is 26.0. The Balaban J connectivity index is 1.32. The number of para-hydroxylation sites is 1. The first-order valence-corrected chi connectivity index (χ1v) is 14.6. The molecule has 6 nitrogen and oxygen atoms in total. The lowest BCUT2D eigenvalue weighted by Gasteiger charge is -2.16. The summed E-state index contributed by atoms with van der Waals surface area (Å²) < 4.78 is 41.3. The van der Waals surface area contributed by atoms with Crippen molar-refractivity contribution in [2.45, 2.75) is 16.7 Å². The van der Waals surface area contributed by atoms with Crippen LogP contribution in [0.5, 0.6) is 17.2 Å². The molecule has 1 saturated heterocycles. The van der Waals surface area contributed by atoms with Gasteiger partial charge < -0.3 is 14.4 Å². The van der Waals surface area contributed by atoms with Crippen molar-refractivity contribution >= 4 is 50.2 Å². The molecule has 0 radical (unpaired) electrons. The number of hydrogen-bond donors (Lipinski definition) is 1. The minimum absolute atomic E-state index is 0.0116. The Morgan fingerprint density at radius 2 is 1.70 bits per heavy atom. The molecule has 0 amide bonds. The molecule has 10 heteroatoms. The molecule has 5 rings (SSSR count). The maximum Gasteiger partial charge on any atom is 0.271 e. The third-order valence-electron chi connectivity index (χ3n) is 5.90. The minimum atomic E-state index is -3.88. The van der Waals surface area contributed by atoms with E-state index in [9.17, 15) is 8.42 Å². The monoisotopic (exact) mass is 574 g/mol. The standard InChI is InChI=1S/C27H24Cl2N2O4S2/c1-31-14-13-22(17-31)35-25-15-19(9-12-24(25)28)30-37(32,33)26-16-23(27(29)36-26)18-7-10-21(11-8-18)34-20-5-3-2-4-6-20/h2-12,15-16,22,30H,13-14,17H2,1H3. The van der Waals surface area contributed by atoms with Crippen LogP contribution in [0.4, 0.5) is 5.69 Å². The van der Waals surface area contributed by atoms with Gasteiger partial charge in [0.05, 0.1) is 10.7 Å². The molecule has 1 atom stereocenters. The van der Waals surface area contributed by atoms with E-state index in [4.69, 9.17) is 32.7 Å². The van der Waals surface area contributed by atoms with Crippen LogP contribution in [-0.4, -0.2) is 39.6 Å². The van der Waals surface area contributed by atoms with Gasteiger partial charge in [0.1, 0.15) is 31.9 Å². The predicted octanol–water partition coefficient (Wildman–Crippen LogP) is 7.40. The molecule has 4 aromatic rings. The number of anilines is 1. The number of benzene rings is 3. The predicted molar refractivity (Wildman–Crippen MR) is 150 cm³/mol. The van der Waals surface area contributed by atoms with Gasteiger partial charge >= 0.3 is 0 Å². The average molecular weight is 576 g/mol. The molecule has 3 aromatic carbocycles. The van der Waals surface area contributed by atoms with Crippen LogP contribution >= 0.6 is 34.5 Å². The first kappa shape index (κ1) is 25.9. The van der Waals surface area contributed by atoms with Crippen LogP contribution in [0, 0.1) is 0 Å². The first-order valence-electron chi connectivity index (χ1n) is 11.6. The summed E-state index contributed by atoms with van der Waals surface area (Å²) in [5, 5.41) is 0.429. The summed E-state index contributed by atoms with van der Waals surface area (Å²) in [5.41, 5.74) is 1.77. The first-order chi connectivity index (χ1) is 17.8. The van der Waals surface area contributed by atoms with Crippen molar-refractivity contribution in [2.75, 3.05) is 24.9 Å². The van der Waals surface area contributed by atoms with Crippen molar-refractivity contribution in [3.8, 4) is 28.4 Å². The molecule has 0 aliphatic carbocycles. The zero-order valence-corrected chi connectivity index (χ0v) is 23.0. The molecule has 1 unspecified atom stereocenters. The Morgan fingerprint density at radius 3 is 2.41 bits per heavy atom. The van der Waals surface area contributed by atoms with Crippen molar-refractivity contribution in [1.82, 2.24) is 4.90 Å². The van der Waals surface area contributed by atoms with E-state index >= 15 is 0 Å². The Morgan fingerprint density at radius 1 is 0.973 bits per heavy atom. The van der Waals surface area contributed by atoms with E-state index < -0.39 is 10.0 Å². The van der Waals surface area contributed by atoms with Gasteiger partial charge in [-0.2, -0.15) is 0 Å². The third kappa shape index (κ3) is 6.22. The van der Waals surface area contributed by atoms with Crippen LogP contribution in [0.15, 0.2) is 83.1 Å². The highest BCUT2D eigenvalue weighted by Crippen LogP contribution is 2.39. The van der Waals surface area contributed by atoms with E-state index in [2.05, 4.69) is 9.62 Å². The number of likely N-dealkylation sites (N-methyl/N-ethyl adjacent to an activating group) is 1. The summed E-state index contributed by atoms with van der Waals surface area (Å²) in [6.45, 7) is 1.74. The van der Waals surface area contributed by atoms with Crippen molar-refractivity contribution in [2.24, 2.45) is 0 Å². The second kappa shape index (κ2) is 10.9. The third-order valence-corrected chi connectivity index (χ3v) is 9.42. The van der Waals surface area contributed by atoms with Crippen LogP contribution in [0.3, 0.4) is 0 Å². The maximum atomic E-state index is 13.2. The highest BCUT2D eigenvalue weighted by molar-refractivity contribution is 7.94. The van der Waals surface area contributed by atoms with Gasteiger partial charge in [-0.15, -0.1) is 11.3 Å². The van der Waals surface area contributed by atoms with Crippen molar-refractivity contribution in [3.63, 3.8) is 0 Å². The van der Waals surface area contributed by atoms with E-state index in [1.807, 2.05) is 61.6 Å². The smallest absolute Gasteiger partial charge is 0.271 e. The van der Waals surface area contributed by atoms with E-state index in [0.717, 1.165) is 42.2 Å². The van der Waals surface area contributed by atoms with Gasteiger partial charge in [-0.25, -0.2) is 8.42 Å². The average Bonchev–Trinajstić information content (AvgIpc) is 3.48. The number of sulfonamides is 1. The van der Waals surface area contributed by atoms with Crippen LogP contribution in [0.25, 0.3) is 11.1 Å². The number of halogens is 2. The fourth-order valence-corrected chi connectivity index (χ4v) is 7.01. The van der Waals surface area contributed by atoms with Crippen molar-refractivity contribution in [3.05, 3.63) is 88.2 Å².